The van der Waals surface area contributed by atoms with Gasteiger partial charge in [-0.25, -0.2) is 4.57 Å². The van der Waals surface area contributed by atoms with Gasteiger partial charge in [0.05, 0.1) is 27.7 Å². The molecule has 550 valence electrons. The molecule has 0 aliphatic rings. The van der Waals surface area contributed by atoms with Crippen LogP contribution in [0.5, 0.6) is 0 Å². The molecular weight excluding hydrogens is 1230 g/mol. The number of nitrogens with zero attached hydrogens (tertiary/aromatic N) is 1. The molecule has 9 nitrogen and oxygen atoms in total. The summed E-state index contributed by atoms with van der Waals surface area (Å²) in [5.41, 5.74) is 0. The van der Waals surface area contributed by atoms with Crippen LogP contribution in [0.2, 0.25) is 0 Å². The van der Waals surface area contributed by atoms with E-state index in [2.05, 4.69) is 233 Å². The number of phosphoric ester groups is 1. The Kier molecular flexibility index (Phi) is 71.2. The first-order chi connectivity index (χ1) is 48.0. The van der Waals surface area contributed by atoms with Crippen molar-refractivity contribution >= 4 is 19.8 Å². The summed E-state index contributed by atoms with van der Waals surface area (Å²) >= 11 is 0. The molecule has 0 spiro atoms. The van der Waals surface area contributed by atoms with E-state index in [0.717, 1.165) is 173 Å². The van der Waals surface area contributed by atoms with E-state index in [1.165, 1.54) is 64.2 Å². The second-order valence-corrected chi connectivity index (χ2v) is 27.4. The van der Waals surface area contributed by atoms with Gasteiger partial charge in [0, 0.05) is 12.8 Å². The summed E-state index contributed by atoms with van der Waals surface area (Å²) in [6, 6.07) is 0. The number of phosphoric acid groups is 1. The molecule has 1 N–H and O–H groups in total. The van der Waals surface area contributed by atoms with Crippen molar-refractivity contribution in [2.75, 3.05) is 47.5 Å². The molecule has 0 amide bonds. The molecule has 0 saturated heterocycles. The first-order valence-corrected chi connectivity index (χ1v) is 40.0. The third-order valence-electron chi connectivity index (χ3n) is 15.5. The van der Waals surface area contributed by atoms with Gasteiger partial charge in [0.25, 0.3) is 0 Å². The number of allylic oxidation sites excluding steroid dienone is 36. The molecule has 0 rings (SSSR count). The van der Waals surface area contributed by atoms with Gasteiger partial charge in [-0.05, 0) is 154 Å². The van der Waals surface area contributed by atoms with Crippen LogP contribution in [0.25, 0.3) is 0 Å². The number of quaternary nitrogens is 1. The molecular formula is C88H141NO8P+. The van der Waals surface area contributed by atoms with E-state index in [1.54, 1.807) is 0 Å². The Hall–Kier alpha value is -5.67. The van der Waals surface area contributed by atoms with Gasteiger partial charge in [-0.3, -0.25) is 18.6 Å². The average Bonchev–Trinajstić information content (AvgIpc) is 1.23. The van der Waals surface area contributed by atoms with Crippen molar-refractivity contribution < 1.29 is 42.1 Å². The number of hydrogen-bond acceptors (Lipinski definition) is 7. The van der Waals surface area contributed by atoms with Gasteiger partial charge in [0.1, 0.15) is 19.8 Å². The van der Waals surface area contributed by atoms with Gasteiger partial charge in [-0.2, -0.15) is 0 Å². The zero-order chi connectivity index (χ0) is 71.1. The van der Waals surface area contributed by atoms with Gasteiger partial charge in [-0.1, -0.05) is 322 Å². The molecule has 0 aromatic rings. The summed E-state index contributed by atoms with van der Waals surface area (Å²) in [7, 11) is 1.44. The van der Waals surface area contributed by atoms with E-state index in [0.29, 0.717) is 17.4 Å². The quantitative estimate of drug-likeness (QED) is 0.0211. The first-order valence-electron chi connectivity index (χ1n) is 38.5. The molecule has 2 unspecified atom stereocenters. The van der Waals surface area contributed by atoms with Crippen LogP contribution < -0.4 is 0 Å². The lowest BCUT2D eigenvalue weighted by Gasteiger charge is -2.24. The lowest BCUT2D eigenvalue weighted by molar-refractivity contribution is -0.870. The number of esters is 2. The molecule has 2 atom stereocenters. The van der Waals surface area contributed by atoms with Crippen LogP contribution in [0.3, 0.4) is 0 Å². The molecule has 0 aliphatic carbocycles. The number of likely N-dealkylation sites (N-methyl/N-ethyl adjacent to an activating group) is 1. The average molecular weight is 1370 g/mol. The van der Waals surface area contributed by atoms with Crippen molar-refractivity contribution in [2.24, 2.45) is 0 Å². The Morgan fingerprint density at radius 3 is 0.816 bits per heavy atom. The molecule has 0 aliphatic heterocycles. The smallest absolute Gasteiger partial charge is 0.462 e. The van der Waals surface area contributed by atoms with Gasteiger partial charge in [0.15, 0.2) is 6.10 Å². The Morgan fingerprint density at radius 2 is 0.551 bits per heavy atom. The summed E-state index contributed by atoms with van der Waals surface area (Å²) in [5.74, 6) is -0.825. The molecule has 0 heterocycles. The minimum Gasteiger partial charge on any atom is -0.462 e. The molecule has 0 saturated carbocycles. The molecule has 0 aromatic carbocycles. The lowest BCUT2D eigenvalue weighted by Crippen LogP contribution is -2.37. The fourth-order valence-corrected chi connectivity index (χ4v) is 10.4. The van der Waals surface area contributed by atoms with Crippen LogP contribution in [0.15, 0.2) is 219 Å². The van der Waals surface area contributed by atoms with Crippen molar-refractivity contribution in [3.63, 3.8) is 0 Å². The highest BCUT2D eigenvalue weighted by atomic mass is 31.2. The lowest BCUT2D eigenvalue weighted by atomic mass is 10.1. The normalized spacial score (nSPS) is 14.3. The molecule has 0 bridgehead atoms. The first kappa shape index (κ1) is 92.3. The van der Waals surface area contributed by atoms with Gasteiger partial charge in [0.2, 0.25) is 0 Å². The minimum absolute atomic E-state index is 0.0180. The summed E-state index contributed by atoms with van der Waals surface area (Å²) in [6.45, 7) is 4.17. The summed E-state index contributed by atoms with van der Waals surface area (Å²) in [5, 5.41) is 0. The third kappa shape index (κ3) is 79.3. The van der Waals surface area contributed by atoms with Gasteiger partial charge < -0.3 is 18.9 Å². The summed E-state index contributed by atoms with van der Waals surface area (Å²) in [6.07, 6.45) is 120. The third-order valence-corrected chi connectivity index (χ3v) is 16.5. The largest absolute Gasteiger partial charge is 0.472 e. The number of unbranched alkanes of at least 4 members (excludes halogenated alkanes) is 18. The Balaban J connectivity index is 4.13. The maximum absolute atomic E-state index is 12.9. The predicted molar refractivity (Wildman–Crippen MR) is 426 cm³/mol. The van der Waals surface area contributed by atoms with E-state index in [-0.39, 0.29) is 32.0 Å². The van der Waals surface area contributed by atoms with Crippen molar-refractivity contribution in [3.05, 3.63) is 219 Å². The van der Waals surface area contributed by atoms with Crippen LogP contribution in [0, 0.1) is 0 Å². The highest BCUT2D eigenvalue weighted by Crippen LogP contribution is 2.43. The van der Waals surface area contributed by atoms with E-state index < -0.39 is 26.5 Å². The Morgan fingerprint density at radius 1 is 0.316 bits per heavy atom. The summed E-state index contributed by atoms with van der Waals surface area (Å²) < 4.78 is 34.8. The molecule has 0 radical (unpaired) electrons. The zero-order valence-corrected chi connectivity index (χ0v) is 63.6. The van der Waals surface area contributed by atoms with Crippen LogP contribution >= 0.6 is 7.82 Å². The van der Waals surface area contributed by atoms with Gasteiger partial charge in [-0.15, -0.1) is 0 Å². The zero-order valence-electron chi connectivity index (χ0n) is 62.7. The topological polar surface area (TPSA) is 108 Å². The van der Waals surface area contributed by atoms with Crippen molar-refractivity contribution in [1.29, 1.82) is 0 Å². The number of carbonyl (C=O) groups is 2. The molecule has 0 aromatic heterocycles. The van der Waals surface area contributed by atoms with Crippen molar-refractivity contribution in [1.82, 2.24) is 0 Å². The molecule has 10 heteroatoms. The minimum atomic E-state index is -4.41. The maximum atomic E-state index is 12.9. The highest BCUT2D eigenvalue weighted by molar-refractivity contribution is 7.47. The van der Waals surface area contributed by atoms with Gasteiger partial charge >= 0.3 is 19.8 Å². The van der Waals surface area contributed by atoms with E-state index in [9.17, 15) is 19.0 Å². The maximum Gasteiger partial charge on any atom is 0.472 e. The Labute approximate surface area is 601 Å². The molecule has 0 fully saturated rings. The number of hydrogen-bond donors (Lipinski definition) is 1. The van der Waals surface area contributed by atoms with Crippen LogP contribution in [-0.4, -0.2) is 74.9 Å². The van der Waals surface area contributed by atoms with E-state index >= 15 is 0 Å². The monoisotopic (exact) mass is 1370 g/mol. The van der Waals surface area contributed by atoms with Crippen LogP contribution in [-0.2, 0) is 32.7 Å². The second-order valence-electron chi connectivity index (χ2n) is 25.9. The fraction of sp³-hybridized carbons (Fsp3) is 0.568. The van der Waals surface area contributed by atoms with Crippen molar-refractivity contribution in [3.8, 4) is 0 Å². The Bertz CT molecular complexity index is 2460. The number of ether oxygens (including phenoxy) is 2. The predicted octanol–water partition coefficient (Wildman–Crippen LogP) is 25.9. The summed E-state index contributed by atoms with van der Waals surface area (Å²) in [4.78, 5) is 36.0. The number of carbonyl (C=O) groups excluding carboxylic acids is 2. The standard InChI is InChI=1S/C88H140NO8P/c1-6-8-10-12-14-16-18-20-22-24-26-28-30-32-34-36-38-40-42-43-44-45-47-49-51-53-55-57-59-61-63-65-67-69-71-73-75-77-79-81-88(91)97-86(85-96-98(92,93)95-83-82-89(3,4)5)84-94-87(90)80-78-76-74-72-70-68-66-64-62-60-58-56-54-52-50-48-46-41-39-37-35-33-31-29-27-25-23-21-19-17-15-13-11-9-7-2/h8-11,14-17,20-23,26-29,32-35,38-41,43-44,47-50,53-56,59,61,86H,6-7,12-13,18-19,24-25,30-31,36-37,42,45-46,51-52,57-58,60,62-85H2,1-5H3/p+1/b10-8-,11-9-,16-14-,17-15-,22-20-,23-21-,28-26-,29-27-,34-32-,35-33-,40-38-,41-39-,44-43-,49-47-,50-48-,55-53-,56-54-,61-59-. The SMILES string of the molecule is CC/C=C\C/C=C\C/C=C\C/C=C\C/C=C\C/C=C\C/C=C\C/C=C\C/C=C\C/C=C\CCCCCCCCCCC(=O)OC(COC(=O)CCCCCCCCCCCC/C=C\C/C=C\C/C=C\C/C=C\C/C=C\C/C=C\C/C=C\C/C=C\CC)COP(=O)(O)OCC[N+](C)(C)C. The van der Waals surface area contributed by atoms with Crippen LogP contribution in [0.4, 0.5) is 0 Å². The van der Waals surface area contributed by atoms with Crippen molar-refractivity contribution in [2.45, 2.75) is 277 Å². The van der Waals surface area contributed by atoms with Crippen LogP contribution in [0.1, 0.15) is 271 Å². The molecule has 98 heavy (non-hydrogen) atoms. The van der Waals surface area contributed by atoms with E-state index in [1.807, 2.05) is 21.1 Å². The number of rotatable bonds is 68. The fourth-order valence-electron chi connectivity index (χ4n) is 9.71. The second kappa shape index (κ2) is 75.5. The highest BCUT2D eigenvalue weighted by Gasteiger charge is 2.27. The van der Waals surface area contributed by atoms with E-state index in [4.69, 9.17) is 18.5 Å².